The molecule has 0 fully saturated rings. The SMILES string of the molecule is CCSCCC(C)Nc1ccc(C)cc1C(=O)O. The van der Waals surface area contributed by atoms with E-state index < -0.39 is 5.97 Å². The van der Waals surface area contributed by atoms with Crippen LogP contribution in [0.2, 0.25) is 0 Å². The predicted molar refractivity (Wildman–Crippen MR) is 78.8 cm³/mol. The monoisotopic (exact) mass is 267 g/mol. The number of carboxylic acids is 1. The van der Waals surface area contributed by atoms with Gasteiger partial charge in [0.1, 0.15) is 0 Å². The van der Waals surface area contributed by atoms with Crippen molar-refractivity contribution in [3.8, 4) is 0 Å². The fourth-order valence-corrected chi connectivity index (χ4v) is 2.51. The van der Waals surface area contributed by atoms with E-state index in [-0.39, 0.29) is 6.04 Å². The van der Waals surface area contributed by atoms with Crippen LogP contribution in [0, 0.1) is 6.92 Å². The molecule has 0 spiro atoms. The lowest BCUT2D eigenvalue weighted by Gasteiger charge is -2.17. The molecule has 1 aromatic rings. The number of rotatable bonds is 7. The number of aromatic carboxylic acids is 1. The Morgan fingerprint density at radius 1 is 1.50 bits per heavy atom. The quantitative estimate of drug-likeness (QED) is 0.741. The maximum Gasteiger partial charge on any atom is 0.337 e. The molecule has 3 nitrogen and oxygen atoms in total. The van der Waals surface area contributed by atoms with E-state index in [1.165, 1.54) is 0 Å². The van der Waals surface area contributed by atoms with Gasteiger partial charge in [0.15, 0.2) is 0 Å². The summed E-state index contributed by atoms with van der Waals surface area (Å²) in [6.45, 7) is 6.13. The zero-order valence-electron chi connectivity index (χ0n) is 11.2. The molecule has 0 heterocycles. The van der Waals surface area contributed by atoms with Gasteiger partial charge in [-0.15, -0.1) is 0 Å². The largest absolute Gasteiger partial charge is 0.478 e. The zero-order chi connectivity index (χ0) is 13.5. The van der Waals surface area contributed by atoms with Gasteiger partial charge in [-0.05, 0) is 43.9 Å². The van der Waals surface area contributed by atoms with E-state index >= 15 is 0 Å². The van der Waals surface area contributed by atoms with Gasteiger partial charge in [-0.1, -0.05) is 18.6 Å². The summed E-state index contributed by atoms with van der Waals surface area (Å²) < 4.78 is 0. The highest BCUT2D eigenvalue weighted by atomic mass is 32.2. The number of aryl methyl sites for hydroxylation is 1. The van der Waals surface area contributed by atoms with E-state index in [1.807, 2.05) is 30.8 Å². The lowest BCUT2D eigenvalue weighted by molar-refractivity contribution is 0.0698. The first-order valence-electron chi connectivity index (χ1n) is 6.22. The van der Waals surface area contributed by atoms with Gasteiger partial charge in [-0.3, -0.25) is 0 Å². The highest BCUT2D eigenvalue weighted by Gasteiger charge is 2.12. The molecule has 1 unspecified atom stereocenters. The molecule has 0 aliphatic rings. The summed E-state index contributed by atoms with van der Waals surface area (Å²) in [5.74, 6) is 1.34. The fraction of sp³-hybridized carbons (Fsp3) is 0.500. The number of nitrogens with one attached hydrogen (secondary N) is 1. The molecule has 18 heavy (non-hydrogen) atoms. The van der Waals surface area contributed by atoms with Crippen molar-refractivity contribution in [1.29, 1.82) is 0 Å². The first kappa shape index (κ1) is 14.9. The molecule has 4 heteroatoms. The molecule has 1 atom stereocenters. The van der Waals surface area contributed by atoms with Gasteiger partial charge < -0.3 is 10.4 Å². The lowest BCUT2D eigenvalue weighted by Crippen LogP contribution is -2.18. The maximum absolute atomic E-state index is 11.2. The van der Waals surface area contributed by atoms with Crippen LogP contribution < -0.4 is 5.32 Å². The van der Waals surface area contributed by atoms with Crippen LogP contribution >= 0.6 is 11.8 Å². The molecule has 0 amide bonds. The average Bonchev–Trinajstić information content (AvgIpc) is 2.31. The first-order chi connectivity index (χ1) is 8.54. The van der Waals surface area contributed by atoms with Gasteiger partial charge in [-0.2, -0.15) is 11.8 Å². The Labute approximate surface area is 113 Å². The number of thioether (sulfide) groups is 1. The Morgan fingerprint density at radius 3 is 2.83 bits per heavy atom. The van der Waals surface area contributed by atoms with Crippen molar-refractivity contribution in [1.82, 2.24) is 0 Å². The summed E-state index contributed by atoms with van der Waals surface area (Å²) in [5, 5.41) is 12.5. The topological polar surface area (TPSA) is 49.3 Å². The Hall–Kier alpha value is -1.16. The molecule has 0 saturated carbocycles. The molecule has 0 aliphatic carbocycles. The van der Waals surface area contributed by atoms with E-state index in [2.05, 4.69) is 19.2 Å². The Bertz CT molecular complexity index is 407. The minimum atomic E-state index is -0.878. The molecule has 0 aliphatic heterocycles. The summed E-state index contributed by atoms with van der Waals surface area (Å²) in [5.41, 5.74) is 2.03. The zero-order valence-corrected chi connectivity index (χ0v) is 12.0. The Kier molecular flexibility index (Phi) is 6.05. The van der Waals surface area contributed by atoms with Crippen LogP contribution in [-0.2, 0) is 0 Å². The summed E-state index contributed by atoms with van der Waals surface area (Å²) in [4.78, 5) is 11.2. The first-order valence-corrected chi connectivity index (χ1v) is 7.38. The van der Waals surface area contributed by atoms with Gasteiger partial charge in [0, 0.05) is 11.7 Å². The summed E-state index contributed by atoms with van der Waals surface area (Å²) in [6, 6.07) is 5.77. The van der Waals surface area contributed by atoms with Gasteiger partial charge in [-0.25, -0.2) is 4.79 Å². The van der Waals surface area contributed by atoms with Crippen LogP contribution in [0.3, 0.4) is 0 Å². The molecule has 100 valence electrons. The second kappa shape index (κ2) is 7.31. The number of hydrogen-bond donors (Lipinski definition) is 2. The third-order valence-corrected chi connectivity index (χ3v) is 3.64. The van der Waals surface area contributed by atoms with Crippen molar-refractivity contribution in [2.24, 2.45) is 0 Å². The Balaban J connectivity index is 2.68. The van der Waals surface area contributed by atoms with Crippen molar-refractivity contribution < 1.29 is 9.90 Å². The van der Waals surface area contributed by atoms with Gasteiger partial charge in [0.2, 0.25) is 0 Å². The molecule has 2 N–H and O–H groups in total. The third kappa shape index (κ3) is 4.61. The number of carbonyl (C=O) groups is 1. The average molecular weight is 267 g/mol. The molecule has 0 bridgehead atoms. The highest BCUT2D eigenvalue weighted by Crippen LogP contribution is 2.19. The van der Waals surface area contributed by atoms with Crippen molar-refractivity contribution in [3.63, 3.8) is 0 Å². The molecule has 1 aromatic carbocycles. The van der Waals surface area contributed by atoms with Gasteiger partial charge in [0.25, 0.3) is 0 Å². The van der Waals surface area contributed by atoms with Crippen molar-refractivity contribution >= 4 is 23.4 Å². The number of anilines is 1. The van der Waals surface area contributed by atoms with Crippen LogP contribution in [0.4, 0.5) is 5.69 Å². The number of hydrogen-bond acceptors (Lipinski definition) is 3. The second-order valence-corrected chi connectivity index (χ2v) is 5.78. The number of benzene rings is 1. The molecular formula is C14H21NO2S. The van der Waals surface area contributed by atoms with Crippen LogP contribution in [0.25, 0.3) is 0 Å². The van der Waals surface area contributed by atoms with Gasteiger partial charge >= 0.3 is 5.97 Å². The normalized spacial score (nSPS) is 12.2. The minimum absolute atomic E-state index is 0.282. The second-order valence-electron chi connectivity index (χ2n) is 4.39. The highest BCUT2D eigenvalue weighted by molar-refractivity contribution is 7.99. The molecular weight excluding hydrogens is 246 g/mol. The fourth-order valence-electron chi connectivity index (χ4n) is 1.70. The van der Waals surface area contributed by atoms with Crippen LogP contribution in [0.1, 0.15) is 36.2 Å². The lowest BCUT2D eigenvalue weighted by atomic mass is 10.1. The van der Waals surface area contributed by atoms with Crippen molar-refractivity contribution in [2.75, 3.05) is 16.8 Å². The Morgan fingerprint density at radius 2 is 2.22 bits per heavy atom. The summed E-state index contributed by atoms with van der Waals surface area (Å²) >= 11 is 1.90. The minimum Gasteiger partial charge on any atom is -0.478 e. The molecule has 0 radical (unpaired) electrons. The molecule has 1 rings (SSSR count). The third-order valence-electron chi connectivity index (χ3n) is 2.71. The molecule has 0 saturated heterocycles. The summed E-state index contributed by atoms with van der Waals surface area (Å²) in [6.07, 6.45) is 1.03. The van der Waals surface area contributed by atoms with Crippen LogP contribution in [0.5, 0.6) is 0 Å². The van der Waals surface area contributed by atoms with E-state index in [4.69, 9.17) is 0 Å². The van der Waals surface area contributed by atoms with E-state index in [0.717, 1.165) is 23.5 Å². The van der Waals surface area contributed by atoms with Crippen molar-refractivity contribution in [2.45, 2.75) is 33.2 Å². The van der Waals surface area contributed by atoms with Crippen LogP contribution in [0.15, 0.2) is 18.2 Å². The standard InChI is InChI=1S/C14H21NO2S/c1-4-18-8-7-11(3)15-13-6-5-10(2)9-12(13)14(16)17/h5-6,9,11,15H,4,7-8H2,1-3H3,(H,16,17). The van der Waals surface area contributed by atoms with E-state index in [1.54, 1.807) is 6.07 Å². The van der Waals surface area contributed by atoms with E-state index in [0.29, 0.717) is 11.3 Å². The molecule has 0 aromatic heterocycles. The van der Waals surface area contributed by atoms with Crippen molar-refractivity contribution in [3.05, 3.63) is 29.3 Å². The smallest absolute Gasteiger partial charge is 0.337 e. The maximum atomic E-state index is 11.2. The summed E-state index contributed by atoms with van der Waals surface area (Å²) in [7, 11) is 0. The van der Waals surface area contributed by atoms with Crippen LogP contribution in [-0.4, -0.2) is 28.6 Å². The number of carboxylic acid groups (broad SMARTS) is 1. The predicted octanol–water partition coefficient (Wildman–Crippen LogP) is 3.64. The van der Waals surface area contributed by atoms with Gasteiger partial charge in [0.05, 0.1) is 5.56 Å². The van der Waals surface area contributed by atoms with E-state index in [9.17, 15) is 9.90 Å².